The highest BCUT2D eigenvalue weighted by atomic mass is 32.1. The molecule has 0 aliphatic carbocycles. The second-order valence-electron chi connectivity index (χ2n) is 6.96. The van der Waals surface area contributed by atoms with Crippen molar-refractivity contribution >= 4 is 17.2 Å². The fourth-order valence-electron chi connectivity index (χ4n) is 2.95. The van der Waals surface area contributed by atoms with Crippen LogP contribution in [0.25, 0.3) is 17.3 Å². The molecule has 3 aromatic heterocycles. The molecule has 0 aliphatic rings. The van der Waals surface area contributed by atoms with Gasteiger partial charge in [0.05, 0.1) is 12.2 Å². The van der Waals surface area contributed by atoms with Crippen molar-refractivity contribution in [3.05, 3.63) is 69.9 Å². The van der Waals surface area contributed by atoms with E-state index in [0.717, 1.165) is 16.3 Å². The molecule has 29 heavy (non-hydrogen) atoms. The van der Waals surface area contributed by atoms with Gasteiger partial charge in [0.1, 0.15) is 5.69 Å². The Kier molecular flexibility index (Phi) is 5.26. The lowest BCUT2D eigenvalue weighted by molar-refractivity contribution is 0.0951. The summed E-state index contributed by atoms with van der Waals surface area (Å²) in [5, 5.41) is 17.5. The first kappa shape index (κ1) is 19.1. The Bertz CT molecular complexity index is 1110. The molecule has 0 atom stereocenters. The molecule has 0 fully saturated rings. The van der Waals surface area contributed by atoms with E-state index in [0.29, 0.717) is 29.6 Å². The molecule has 0 aliphatic heterocycles. The minimum Gasteiger partial charge on any atom is -0.420 e. The highest BCUT2D eigenvalue weighted by Gasteiger charge is 2.17. The average molecular weight is 407 g/mol. The molecule has 1 N–H and O–H groups in total. The van der Waals surface area contributed by atoms with E-state index in [1.165, 1.54) is 0 Å². The number of hydrogen-bond acceptors (Lipinski definition) is 6. The van der Waals surface area contributed by atoms with Crippen molar-refractivity contribution in [1.82, 2.24) is 25.3 Å². The molecule has 0 unspecified atom stereocenters. The number of thiophene rings is 1. The number of nitrogens with one attached hydrogen (secondary N) is 1. The van der Waals surface area contributed by atoms with Crippen LogP contribution in [0.2, 0.25) is 0 Å². The Morgan fingerprint density at radius 3 is 2.62 bits per heavy atom. The number of rotatable bonds is 6. The molecule has 148 valence electrons. The van der Waals surface area contributed by atoms with Gasteiger partial charge in [0.15, 0.2) is 0 Å². The molecule has 0 spiro atoms. The molecule has 3 heterocycles. The molecule has 8 heteroatoms. The number of carbonyl (C=O) groups excluding carboxylic acids is 1. The Morgan fingerprint density at radius 2 is 2.00 bits per heavy atom. The van der Waals surface area contributed by atoms with Crippen LogP contribution < -0.4 is 5.32 Å². The van der Waals surface area contributed by atoms with Gasteiger partial charge in [-0.2, -0.15) is 5.10 Å². The number of aromatic nitrogens is 4. The standard InChI is InChI=1S/C21H21N5O2S/c1-13(2)19-11-18(21-24-23-14(3)28-21)25-26(19)16-8-6-15(7-9-16)20(27)22-12-17-5-4-10-29-17/h4-11,13H,12H2,1-3H3,(H,22,27). The quantitative estimate of drug-likeness (QED) is 0.514. The van der Waals surface area contributed by atoms with E-state index >= 15 is 0 Å². The maximum atomic E-state index is 12.4. The SMILES string of the molecule is Cc1nnc(-c2cc(C(C)C)n(-c3ccc(C(=O)NCc4cccs4)cc3)n2)o1. The fraction of sp³-hybridized carbons (Fsp3) is 0.238. The van der Waals surface area contributed by atoms with Gasteiger partial charge < -0.3 is 9.73 Å². The van der Waals surface area contributed by atoms with Crippen LogP contribution in [0.1, 0.15) is 46.6 Å². The van der Waals surface area contributed by atoms with Crippen LogP contribution in [0.4, 0.5) is 0 Å². The molecule has 0 saturated carbocycles. The highest BCUT2D eigenvalue weighted by molar-refractivity contribution is 7.09. The maximum Gasteiger partial charge on any atom is 0.268 e. The summed E-state index contributed by atoms with van der Waals surface area (Å²) < 4.78 is 7.37. The van der Waals surface area contributed by atoms with Gasteiger partial charge in [-0.3, -0.25) is 4.79 Å². The molecule has 7 nitrogen and oxygen atoms in total. The van der Waals surface area contributed by atoms with Crippen LogP contribution >= 0.6 is 11.3 Å². The van der Waals surface area contributed by atoms with Crippen LogP contribution in [0.15, 0.2) is 52.3 Å². The molecule has 4 rings (SSSR count). The van der Waals surface area contributed by atoms with Crippen molar-refractivity contribution in [1.29, 1.82) is 0 Å². The first-order valence-corrected chi connectivity index (χ1v) is 10.2. The Morgan fingerprint density at radius 1 is 1.21 bits per heavy atom. The zero-order valence-corrected chi connectivity index (χ0v) is 17.2. The van der Waals surface area contributed by atoms with Gasteiger partial charge in [0.2, 0.25) is 5.89 Å². The lowest BCUT2D eigenvalue weighted by Gasteiger charge is -2.10. The minimum absolute atomic E-state index is 0.100. The number of carbonyl (C=O) groups is 1. The molecule has 0 radical (unpaired) electrons. The lowest BCUT2D eigenvalue weighted by Crippen LogP contribution is -2.22. The predicted molar refractivity (Wildman–Crippen MR) is 111 cm³/mol. The van der Waals surface area contributed by atoms with Crippen molar-refractivity contribution in [3.8, 4) is 17.3 Å². The summed E-state index contributed by atoms with van der Waals surface area (Å²) in [6.45, 7) is 6.48. The summed E-state index contributed by atoms with van der Waals surface area (Å²) in [4.78, 5) is 13.5. The first-order chi connectivity index (χ1) is 14.0. The number of benzene rings is 1. The molecule has 1 amide bonds. The number of amides is 1. The van der Waals surface area contributed by atoms with Gasteiger partial charge >= 0.3 is 0 Å². The zero-order valence-electron chi connectivity index (χ0n) is 16.4. The van der Waals surface area contributed by atoms with Gasteiger partial charge in [0, 0.05) is 23.1 Å². The summed E-state index contributed by atoms with van der Waals surface area (Å²) in [6.07, 6.45) is 0. The van der Waals surface area contributed by atoms with E-state index in [1.54, 1.807) is 30.4 Å². The normalized spacial score (nSPS) is 11.2. The molecule has 4 aromatic rings. The Labute approximate surface area is 172 Å². The Hall–Kier alpha value is -3.26. The monoisotopic (exact) mass is 407 g/mol. The molecular formula is C21H21N5O2S. The van der Waals surface area contributed by atoms with Gasteiger partial charge in [-0.15, -0.1) is 21.5 Å². The second kappa shape index (κ2) is 8.00. The summed E-state index contributed by atoms with van der Waals surface area (Å²) in [6, 6.07) is 13.3. The van der Waals surface area contributed by atoms with E-state index in [-0.39, 0.29) is 11.8 Å². The average Bonchev–Trinajstić information content (AvgIpc) is 3.46. The van der Waals surface area contributed by atoms with Crippen LogP contribution in [-0.4, -0.2) is 25.9 Å². The van der Waals surface area contributed by atoms with E-state index < -0.39 is 0 Å². The van der Waals surface area contributed by atoms with Crippen LogP contribution in [0.3, 0.4) is 0 Å². The van der Waals surface area contributed by atoms with Gasteiger partial charge in [-0.25, -0.2) is 4.68 Å². The smallest absolute Gasteiger partial charge is 0.268 e. The zero-order chi connectivity index (χ0) is 20.4. The highest BCUT2D eigenvalue weighted by Crippen LogP contribution is 2.25. The third-order valence-corrected chi connectivity index (χ3v) is 5.33. The number of nitrogens with zero attached hydrogens (tertiary/aromatic N) is 4. The van der Waals surface area contributed by atoms with Gasteiger partial charge in [0.25, 0.3) is 11.8 Å². The van der Waals surface area contributed by atoms with Crippen molar-refractivity contribution < 1.29 is 9.21 Å². The molecule has 0 bridgehead atoms. The van der Waals surface area contributed by atoms with Crippen LogP contribution in [0, 0.1) is 6.92 Å². The van der Waals surface area contributed by atoms with Gasteiger partial charge in [-0.05, 0) is 47.7 Å². The summed E-state index contributed by atoms with van der Waals surface area (Å²) >= 11 is 1.62. The number of aryl methyl sites for hydroxylation is 1. The Balaban J connectivity index is 1.56. The van der Waals surface area contributed by atoms with Crippen molar-refractivity contribution in [2.75, 3.05) is 0 Å². The van der Waals surface area contributed by atoms with E-state index in [2.05, 4.69) is 34.5 Å². The topological polar surface area (TPSA) is 85.8 Å². The van der Waals surface area contributed by atoms with E-state index in [4.69, 9.17) is 4.42 Å². The second-order valence-corrected chi connectivity index (χ2v) is 7.99. The summed E-state index contributed by atoms with van der Waals surface area (Å²) in [7, 11) is 0. The summed E-state index contributed by atoms with van der Waals surface area (Å²) in [5.41, 5.74) is 3.13. The largest absolute Gasteiger partial charge is 0.420 e. The third-order valence-electron chi connectivity index (χ3n) is 4.45. The van der Waals surface area contributed by atoms with Gasteiger partial charge in [-0.1, -0.05) is 19.9 Å². The lowest BCUT2D eigenvalue weighted by atomic mass is 10.1. The van der Waals surface area contributed by atoms with E-state index in [1.807, 2.05) is 40.4 Å². The van der Waals surface area contributed by atoms with Crippen molar-refractivity contribution in [3.63, 3.8) is 0 Å². The van der Waals surface area contributed by atoms with Crippen LogP contribution in [-0.2, 0) is 6.54 Å². The van der Waals surface area contributed by atoms with Crippen LogP contribution in [0.5, 0.6) is 0 Å². The molecule has 0 saturated heterocycles. The minimum atomic E-state index is -0.100. The molecule has 1 aromatic carbocycles. The molecular weight excluding hydrogens is 386 g/mol. The maximum absolute atomic E-state index is 12.4. The van der Waals surface area contributed by atoms with Crippen molar-refractivity contribution in [2.45, 2.75) is 33.2 Å². The third kappa shape index (κ3) is 4.12. The first-order valence-electron chi connectivity index (χ1n) is 9.32. The summed E-state index contributed by atoms with van der Waals surface area (Å²) in [5.74, 6) is 1.04. The van der Waals surface area contributed by atoms with E-state index in [9.17, 15) is 4.79 Å². The fourth-order valence-corrected chi connectivity index (χ4v) is 3.60. The van der Waals surface area contributed by atoms with Crippen molar-refractivity contribution in [2.24, 2.45) is 0 Å². The predicted octanol–water partition coefficient (Wildman–Crippen LogP) is 4.35. The number of hydrogen-bond donors (Lipinski definition) is 1.